The molecule has 3 heteroatoms. The highest BCUT2D eigenvalue weighted by Gasteiger charge is 2.13. The summed E-state index contributed by atoms with van der Waals surface area (Å²) in [5.74, 6) is 0. The Balaban J connectivity index is 2.08. The van der Waals surface area contributed by atoms with Gasteiger partial charge in [0, 0.05) is 13.0 Å². The lowest BCUT2D eigenvalue weighted by Gasteiger charge is -2.20. The predicted octanol–water partition coefficient (Wildman–Crippen LogP) is 1.09. The Kier molecular flexibility index (Phi) is 2.97. The lowest BCUT2D eigenvalue weighted by Crippen LogP contribution is -2.22. The van der Waals surface area contributed by atoms with Gasteiger partial charge in [0.25, 0.3) is 0 Å². The van der Waals surface area contributed by atoms with E-state index < -0.39 is 0 Å². The van der Waals surface area contributed by atoms with E-state index in [1.54, 1.807) is 0 Å². The van der Waals surface area contributed by atoms with E-state index >= 15 is 0 Å². The molecule has 0 amide bonds. The first-order chi connectivity index (χ1) is 4.43. The normalized spacial score (nSPS) is 28.3. The molecule has 1 heterocycles. The van der Waals surface area contributed by atoms with Crippen LogP contribution in [0.25, 0.3) is 0 Å². The maximum atomic E-state index is 5.14. The SMILES string of the molecule is CCOC1CCCOO1. The van der Waals surface area contributed by atoms with Gasteiger partial charge in [0.2, 0.25) is 0 Å². The third-order valence-electron chi connectivity index (χ3n) is 1.20. The van der Waals surface area contributed by atoms with Crippen LogP contribution in [-0.2, 0) is 14.5 Å². The summed E-state index contributed by atoms with van der Waals surface area (Å²) in [4.78, 5) is 9.51. The van der Waals surface area contributed by atoms with Gasteiger partial charge < -0.3 is 4.74 Å². The van der Waals surface area contributed by atoms with E-state index in [9.17, 15) is 0 Å². The molecule has 54 valence electrons. The quantitative estimate of drug-likeness (QED) is 0.526. The fourth-order valence-electron chi connectivity index (χ4n) is 0.778. The van der Waals surface area contributed by atoms with E-state index in [-0.39, 0.29) is 6.29 Å². The Morgan fingerprint density at radius 2 is 2.56 bits per heavy atom. The molecule has 0 aliphatic carbocycles. The molecule has 1 fully saturated rings. The van der Waals surface area contributed by atoms with Crippen LogP contribution < -0.4 is 0 Å². The van der Waals surface area contributed by atoms with Crippen LogP contribution in [0.4, 0.5) is 0 Å². The van der Waals surface area contributed by atoms with E-state index in [1.165, 1.54) is 0 Å². The van der Waals surface area contributed by atoms with Gasteiger partial charge in [-0.25, -0.2) is 9.78 Å². The Morgan fingerprint density at radius 3 is 3.11 bits per heavy atom. The molecule has 0 aromatic carbocycles. The first kappa shape index (κ1) is 6.99. The van der Waals surface area contributed by atoms with Crippen molar-refractivity contribution in [2.24, 2.45) is 0 Å². The first-order valence-corrected chi connectivity index (χ1v) is 3.33. The smallest absolute Gasteiger partial charge is 0.191 e. The van der Waals surface area contributed by atoms with Gasteiger partial charge in [-0.2, -0.15) is 0 Å². The van der Waals surface area contributed by atoms with Gasteiger partial charge in [-0.1, -0.05) is 0 Å². The van der Waals surface area contributed by atoms with Crippen molar-refractivity contribution < 1.29 is 14.5 Å². The molecule has 0 aromatic heterocycles. The van der Waals surface area contributed by atoms with Crippen LogP contribution in [0.3, 0.4) is 0 Å². The van der Waals surface area contributed by atoms with Gasteiger partial charge in [0.15, 0.2) is 6.29 Å². The molecule has 0 radical (unpaired) electrons. The van der Waals surface area contributed by atoms with Crippen LogP contribution in [0.5, 0.6) is 0 Å². The van der Waals surface area contributed by atoms with Crippen molar-refractivity contribution in [3.8, 4) is 0 Å². The maximum Gasteiger partial charge on any atom is 0.191 e. The summed E-state index contributed by atoms with van der Waals surface area (Å²) in [6.07, 6.45) is 1.86. The van der Waals surface area contributed by atoms with Gasteiger partial charge >= 0.3 is 0 Å². The third-order valence-corrected chi connectivity index (χ3v) is 1.20. The number of rotatable bonds is 2. The molecule has 0 aromatic rings. The van der Waals surface area contributed by atoms with E-state index in [0.29, 0.717) is 13.2 Å². The molecular weight excluding hydrogens is 120 g/mol. The topological polar surface area (TPSA) is 27.7 Å². The average molecular weight is 132 g/mol. The first-order valence-electron chi connectivity index (χ1n) is 3.33. The summed E-state index contributed by atoms with van der Waals surface area (Å²) >= 11 is 0. The van der Waals surface area contributed by atoms with Crippen molar-refractivity contribution in [3.63, 3.8) is 0 Å². The fourth-order valence-corrected chi connectivity index (χ4v) is 0.778. The van der Waals surface area contributed by atoms with Crippen LogP contribution in [0.1, 0.15) is 19.8 Å². The highest BCUT2D eigenvalue weighted by Crippen LogP contribution is 2.10. The Hall–Kier alpha value is -0.120. The second kappa shape index (κ2) is 3.82. The van der Waals surface area contributed by atoms with Crippen molar-refractivity contribution in [2.45, 2.75) is 26.1 Å². The zero-order valence-corrected chi connectivity index (χ0v) is 5.63. The molecule has 0 saturated carbocycles. The summed E-state index contributed by atoms with van der Waals surface area (Å²) in [7, 11) is 0. The van der Waals surface area contributed by atoms with Crippen LogP contribution in [-0.4, -0.2) is 19.5 Å². The maximum absolute atomic E-state index is 5.14. The van der Waals surface area contributed by atoms with E-state index in [4.69, 9.17) is 14.5 Å². The highest BCUT2D eigenvalue weighted by molar-refractivity contribution is 4.46. The molecule has 1 aliphatic rings. The minimum Gasteiger partial charge on any atom is -0.350 e. The Bertz CT molecular complexity index is 65.9. The van der Waals surface area contributed by atoms with Gasteiger partial charge in [0.05, 0.1) is 6.61 Å². The summed E-state index contributed by atoms with van der Waals surface area (Å²) in [6.45, 7) is 3.33. The zero-order valence-electron chi connectivity index (χ0n) is 5.63. The molecule has 1 atom stereocenters. The van der Waals surface area contributed by atoms with Crippen molar-refractivity contribution in [3.05, 3.63) is 0 Å². The molecular formula is C6H12O3. The molecule has 1 saturated heterocycles. The molecule has 1 unspecified atom stereocenters. The third kappa shape index (κ3) is 2.30. The van der Waals surface area contributed by atoms with E-state index in [1.807, 2.05) is 6.92 Å². The minimum absolute atomic E-state index is 0.122. The fraction of sp³-hybridized carbons (Fsp3) is 1.00. The molecule has 9 heavy (non-hydrogen) atoms. The highest BCUT2D eigenvalue weighted by atomic mass is 17.2. The van der Waals surface area contributed by atoms with Gasteiger partial charge in [-0.3, -0.25) is 0 Å². The van der Waals surface area contributed by atoms with Gasteiger partial charge in [0.1, 0.15) is 0 Å². The number of hydrogen-bond donors (Lipinski definition) is 0. The van der Waals surface area contributed by atoms with Crippen molar-refractivity contribution in [1.82, 2.24) is 0 Å². The zero-order chi connectivity index (χ0) is 6.53. The van der Waals surface area contributed by atoms with E-state index in [2.05, 4.69) is 0 Å². The largest absolute Gasteiger partial charge is 0.350 e. The van der Waals surface area contributed by atoms with Crippen LogP contribution in [0.2, 0.25) is 0 Å². The predicted molar refractivity (Wildman–Crippen MR) is 31.7 cm³/mol. The lowest BCUT2D eigenvalue weighted by molar-refractivity contribution is -0.397. The van der Waals surface area contributed by atoms with Gasteiger partial charge in [-0.05, 0) is 13.3 Å². The Morgan fingerprint density at radius 1 is 1.67 bits per heavy atom. The molecule has 1 aliphatic heterocycles. The Labute approximate surface area is 54.8 Å². The molecule has 1 rings (SSSR count). The standard InChI is InChI=1S/C6H12O3/c1-2-7-6-4-3-5-8-9-6/h6H,2-5H2,1H3. The molecule has 0 N–H and O–H groups in total. The summed E-state index contributed by atoms with van der Waals surface area (Å²) in [5.41, 5.74) is 0. The number of ether oxygens (including phenoxy) is 1. The van der Waals surface area contributed by atoms with Crippen LogP contribution in [0, 0.1) is 0 Å². The van der Waals surface area contributed by atoms with Crippen molar-refractivity contribution >= 4 is 0 Å². The number of hydrogen-bond acceptors (Lipinski definition) is 3. The van der Waals surface area contributed by atoms with Crippen LogP contribution in [0.15, 0.2) is 0 Å². The van der Waals surface area contributed by atoms with Crippen molar-refractivity contribution in [1.29, 1.82) is 0 Å². The average Bonchev–Trinajstić information content (AvgIpc) is 1.91. The second-order valence-corrected chi connectivity index (χ2v) is 1.95. The summed E-state index contributed by atoms with van der Waals surface area (Å²) in [5, 5.41) is 0. The molecule has 3 nitrogen and oxygen atoms in total. The minimum atomic E-state index is -0.122. The van der Waals surface area contributed by atoms with E-state index in [0.717, 1.165) is 12.8 Å². The van der Waals surface area contributed by atoms with Gasteiger partial charge in [-0.15, -0.1) is 0 Å². The van der Waals surface area contributed by atoms with Crippen LogP contribution >= 0.6 is 0 Å². The monoisotopic (exact) mass is 132 g/mol. The molecule has 0 bridgehead atoms. The lowest BCUT2D eigenvalue weighted by atomic mass is 10.3. The second-order valence-electron chi connectivity index (χ2n) is 1.95. The van der Waals surface area contributed by atoms with Crippen molar-refractivity contribution in [2.75, 3.05) is 13.2 Å². The molecule has 0 spiro atoms. The summed E-state index contributed by atoms with van der Waals surface area (Å²) < 4.78 is 5.14. The summed E-state index contributed by atoms with van der Waals surface area (Å²) in [6, 6.07) is 0.